The highest BCUT2D eigenvalue weighted by Gasteiger charge is 2.32. The molecule has 0 radical (unpaired) electrons. The van der Waals surface area contributed by atoms with Gasteiger partial charge in [0, 0.05) is 36.7 Å². The fraction of sp³-hybridized carbons (Fsp3) is 0.706. The molecule has 2 heterocycles. The Morgan fingerprint density at radius 3 is 2.58 bits per heavy atom. The Kier molecular flexibility index (Phi) is 5.32. The highest BCUT2D eigenvalue weighted by Crippen LogP contribution is 2.29. The molecular weight excluding hydrogens is 324 g/mol. The molecule has 1 aliphatic rings. The van der Waals surface area contributed by atoms with E-state index in [2.05, 4.69) is 36.5 Å². The number of carbonyl (C=O) groups is 2. The lowest BCUT2D eigenvalue weighted by Crippen LogP contribution is -2.37. The number of nitrogens with one attached hydrogen (secondary N) is 2. The number of anilines is 1. The first-order valence-corrected chi connectivity index (χ1v) is 9.27. The molecule has 1 saturated heterocycles. The molecule has 0 saturated carbocycles. The van der Waals surface area contributed by atoms with Crippen LogP contribution in [0.2, 0.25) is 0 Å². The van der Waals surface area contributed by atoms with E-state index in [0.717, 1.165) is 17.9 Å². The second-order valence-corrected chi connectivity index (χ2v) is 9.51. The average molecular weight is 353 g/mol. The highest BCUT2D eigenvalue weighted by atomic mass is 32.2. The summed E-state index contributed by atoms with van der Waals surface area (Å²) in [6, 6.07) is 2.09. The number of rotatable bonds is 5. The summed E-state index contributed by atoms with van der Waals surface area (Å²) in [5, 5.41) is 10.4. The zero-order chi connectivity index (χ0) is 18.1. The summed E-state index contributed by atoms with van der Waals surface area (Å²) in [5.74, 6) is 1.49. The molecule has 1 aromatic rings. The van der Waals surface area contributed by atoms with Crippen molar-refractivity contribution in [2.45, 2.75) is 63.7 Å². The van der Waals surface area contributed by atoms with Crippen LogP contribution < -0.4 is 10.6 Å². The van der Waals surface area contributed by atoms with E-state index in [-0.39, 0.29) is 23.3 Å². The van der Waals surface area contributed by atoms with Crippen molar-refractivity contribution < 1.29 is 9.59 Å². The van der Waals surface area contributed by atoms with Crippen LogP contribution in [0.4, 0.5) is 5.82 Å². The van der Waals surface area contributed by atoms with Gasteiger partial charge in [-0.25, -0.2) is 0 Å². The van der Waals surface area contributed by atoms with Crippen molar-refractivity contribution in [1.29, 1.82) is 0 Å². The number of thioether (sulfide) groups is 1. The number of hydrogen-bond donors (Lipinski definition) is 2. The first-order chi connectivity index (χ1) is 11.0. The minimum atomic E-state index is -0.584. The zero-order valence-electron chi connectivity index (χ0n) is 15.4. The molecule has 2 N–H and O–H groups in total. The first kappa shape index (κ1) is 18.8. The summed E-state index contributed by atoms with van der Waals surface area (Å²) in [5.41, 5.74) is 0.880. The number of aromatic nitrogens is 2. The van der Waals surface area contributed by atoms with Gasteiger partial charge in [-0.05, 0) is 20.3 Å². The van der Waals surface area contributed by atoms with E-state index < -0.39 is 4.75 Å². The molecule has 0 aromatic carbocycles. The summed E-state index contributed by atoms with van der Waals surface area (Å²) < 4.78 is 1.12. The van der Waals surface area contributed by atoms with Gasteiger partial charge in [0.25, 0.3) is 0 Å². The molecule has 0 bridgehead atoms. The van der Waals surface area contributed by atoms with Crippen molar-refractivity contribution >= 4 is 29.4 Å². The van der Waals surface area contributed by atoms with E-state index in [4.69, 9.17) is 0 Å². The van der Waals surface area contributed by atoms with Gasteiger partial charge >= 0.3 is 0 Å². The van der Waals surface area contributed by atoms with Crippen LogP contribution in [-0.2, 0) is 22.1 Å². The van der Waals surface area contributed by atoms with Crippen LogP contribution in [0.25, 0.3) is 0 Å². The summed E-state index contributed by atoms with van der Waals surface area (Å²) in [7, 11) is 1.83. The second-order valence-electron chi connectivity index (χ2n) is 7.87. The molecule has 0 aliphatic carbocycles. The number of aryl methyl sites for hydroxylation is 1. The van der Waals surface area contributed by atoms with Gasteiger partial charge < -0.3 is 10.6 Å². The quantitative estimate of drug-likeness (QED) is 0.853. The largest absolute Gasteiger partial charge is 0.353 e. The smallest absolute Gasteiger partial charge is 0.241 e. The molecule has 1 aromatic heterocycles. The van der Waals surface area contributed by atoms with Crippen molar-refractivity contribution in [1.82, 2.24) is 15.1 Å². The van der Waals surface area contributed by atoms with Gasteiger partial charge in [-0.2, -0.15) is 5.10 Å². The number of amides is 2. The highest BCUT2D eigenvalue weighted by molar-refractivity contribution is 8.01. The fourth-order valence-corrected chi connectivity index (χ4v) is 3.44. The average Bonchev–Trinajstić information content (AvgIpc) is 3.03. The fourth-order valence-electron chi connectivity index (χ4n) is 2.39. The molecule has 134 valence electrons. The topological polar surface area (TPSA) is 76.0 Å². The third-order valence-electron chi connectivity index (χ3n) is 4.17. The summed E-state index contributed by atoms with van der Waals surface area (Å²) >= 11 is 1.57. The normalized spacial score (nSPS) is 18.6. The van der Waals surface area contributed by atoms with Crippen molar-refractivity contribution in [3.63, 3.8) is 0 Å². The van der Waals surface area contributed by atoms with Gasteiger partial charge in [-0.3, -0.25) is 14.3 Å². The van der Waals surface area contributed by atoms with Gasteiger partial charge in [0.2, 0.25) is 11.8 Å². The van der Waals surface area contributed by atoms with Gasteiger partial charge in [0.05, 0.1) is 10.4 Å². The van der Waals surface area contributed by atoms with E-state index in [0.29, 0.717) is 12.2 Å². The monoisotopic (exact) mass is 352 g/mol. The van der Waals surface area contributed by atoms with Crippen LogP contribution in [0.5, 0.6) is 0 Å². The van der Waals surface area contributed by atoms with E-state index in [9.17, 15) is 9.59 Å². The predicted molar refractivity (Wildman–Crippen MR) is 98.2 cm³/mol. The maximum Gasteiger partial charge on any atom is 0.241 e. The van der Waals surface area contributed by atoms with Crippen LogP contribution in [0.15, 0.2) is 6.07 Å². The Morgan fingerprint density at radius 2 is 2.08 bits per heavy atom. The lowest BCUT2D eigenvalue weighted by atomic mass is 9.92. The van der Waals surface area contributed by atoms with Gasteiger partial charge in [-0.1, -0.05) is 20.8 Å². The molecule has 1 atom stereocenters. The summed E-state index contributed by atoms with van der Waals surface area (Å²) in [4.78, 5) is 23.9. The minimum absolute atomic E-state index is 0.0553. The van der Waals surface area contributed by atoms with Crippen molar-refractivity contribution in [3.8, 4) is 0 Å². The van der Waals surface area contributed by atoms with E-state index in [1.54, 1.807) is 16.4 Å². The first-order valence-electron chi connectivity index (χ1n) is 8.28. The number of nitrogens with zero attached hydrogens (tertiary/aromatic N) is 2. The Balaban J connectivity index is 1.97. The Labute approximate surface area is 148 Å². The molecule has 1 aliphatic heterocycles. The van der Waals surface area contributed by atoms with Crippen molar-refractivity contribution in [2.75, 3.05) is 11.1 Å². The number of hydrogen-bond acceptors (Lipinski definition) is 4. The van der Waals surface area contributed by atoms with Crippen LogP contribution in [0.3, 0.4) is 0 Å². The molecule has 1 fully saturated rings. The van der Waals surface area contributed by atoms with Crippen molar-refractivity contribution in [3.05, 3.63) is 11.8 Å². The van der Waals surface area contributed by atoms with Crippen molar-refractivity contribution in [2.24, 2.45) is 7.05 Å². The third kappa shape index (κ3) is 4.53. The van der Waals surface area contributed by atoms with Crippen LogP contribution in [-0.4, -0.2) is 38.1 Å². The minimum Gasteiger partial charge on any atom is -0.353 e. The molecule has 6 nitrogen and oxygen atoms in total. The summed E-state index contributed by atoms with van der Waals surface area (Å²) in [6.45, 7) is 10.1. The standard InChI is InChI=1S/C17H28N4O2S/c1-16(2,3)12-9-13(21(6)20-12)19-15(23)17(4,5)24-10-11-7-8-14(22)18-11/h9,11H,7-8,10H2,1-6H3,(H,18,22)(H,19,23)/t11-/m0/s1. The maximum absolute atomic E-state index is 12.7. The Bertz CT molecular complexity index is 631. The molecule has 0 spiro atoms. The Morgan fingerprint density at radius 1 is 1.42 bits per heavy atom. The van der Waals surface area contributed by atoms with E-state index >= 15 is 0 Å². The zero-order valence-corrected chi connectivity index (χ0v) is 16.2. The molecule has 24 heavy (non-hydrogen) atoms. The lowest BCUT2D eigenvalue weighted by molar-refractivity contribution is -0.119. The second kappa shape index (κ2) is 6.78. The van der Waals surface area contributed by atoms with Gasteiger partial charge in [0.15, 0.2) is 0 Å². The lowest BCUT2D eigenvalue weighted by Gasteiger charge is -2.24. The van der Waals surface area contributed by atoms with Crippen LogP contribution in [0.1, 0.15) is 53.2 Å². The van der Waals surface area contributed by atoms with Gasteiger partial charge in [0.1, 0.15) is 5.82 Å². The van der Waals surface area contributed by atoms with E-state index in [1.165, 1.54) is 0 Å². The maximum atomic E-state index is 12.7. The molecule has 2 rings (SSSR count). The summed E-state index contributed by atoms with van der Waals surface area (Å²) in [6.07, 6.45) is 1.43. The number of carbonyl (C=O) groups excluding carboxylic acids is 2. The van der Waals surface area contributed by atoms with Crippen LogP contribution in [0, 0.1) is 0 Å². The predicted octanol–water partition coefficient (Wildman–Crippen LogP) is 2.45. The third-order valence-corrected chi connectivity index (χ3v) is 5.64. The molecule has 2 amide bonds. The van der Waals surface area contributed by atoms with E-state index in [1.807, 2.05) is 27.0 Å². The SMILES string of the molecule is Cn1nc(C(C)(C)C)cc1NC(=O)C(C)(C)SC[C@@H]1CCC(=O)N1. The molecular formula is C17H28N4O2S. The molecule has 0 unspecified atom stereocenters. The van der Waals surface area contributed by atoms with Crippen LogP contribution >= 0.6 is 11.8 Å². The van der Waals surface area contributed by atoms with Gasteiger partial charge in [-0.15, -0.1) is 11.8 Å². The Hall–Kier alpha value is -1.50. The molecule has 7 heteroatoms.